The molecule has 0 atom stereocenters. The number of benzene rings is 1. The Morgan fingerprint density at radius 3 is 2.50 bits per heavy atom. The molecule has 0 saturated carbocycles. The third kappa shape index (κ3) is 5.48. The molecule has 0 aliphatic heterocycles. The first-order valence-electron chi connectivity index (χ1n) is 6.67. The van der Waals surface area contributed by atoms with Gasteiger partial charge in [0.2, 0.25) is 5.91 Å². The second-order valence-corrected chi connectivity index (χ2v) is 4.42. The zero-order chi connectivity index (χ0) is 14.8. The summed E-state index contributed by atoms with van der Waals surface area (Å²) < 4.78 is 15.3. The summed E-state index contributed by atoms with van der Waals surface area (Å²) in [5.74, 6) is 1.31. The Bertz CT molecular complexity index is 420. The molecule has 1 amide bonds. The molecule has 0 bridgehead atoms. The Hall–Kier alpha value is -1.75. The van der Waals surface area contributed by atoms with E-state index in [9.17, 15) is 4.79 Å². The van der Waals surface area contributed by atoms with Crippen LogP contribution in [0.25, 0.3) is 0 Å². The van der Waals surface area contributed by atoms with E-state index >= 15 is 0 Å². The second-order valence-electron chi connectivity index (χ2n) is 4.42. The SMILES string of the molecule is COCCCCNC(=O)Cc1ccc(OC)c(OC)c1. The van der Waals surface area contributed by atoms with Gasteiger partial charge in [-0.3, -0.25) is 4.79 Å². The first-order valence-corrected chi connectivity index (χ1v) is 6.67. The summed E-state index contributed by atoms with van der Waals surface area (Å²) in [6, 6.07) is 5.50. The van der Waals surface area contributed by atoms with Crippen molar-refractivity contribution in [1.29, 1.82) is 0 Å². The van der Waals surface area contributed by atoms with Gasteiger partial charge in [-0.15, -0.1) is 0 Å². The van der Waals surface area contributed by atoms with Crippen LogP contribution in [-0.4, -0.2) is 40.4 Å². The van der Waals surface area contributed by atoms with Crippen molar-refractivity contribution in [1.82, 2.24) is 5.32 Å². The first-order chi connectivity index (χ1) is 9.71. The summed E-state index contributed by atoms with van der Waals surface area (Å²) in [4.78, 5) is 11.8. The topological polar surface area (TPSA) is 56.8 Å². The van der Waals surface area contributed by atoms with Crippen LogP contribution in [0.3, 0.4) is 0 Å². The predicted octanol–water partition coefficient (Wildman–Crippen LogP) is 1.79. The maximum atomic E-state index is 11.8. The van der Waals surface area contributed by atoms with Crippen LogP contribution in [0.1, 0.15) is 18.4 Å². The molecule has 0 aromatic heterocycles. The van der Waals surface area contributed by atoms with E-state index in [1.807, 2.05) is 12.1 Å². The van der Waals surface area contributed by atoms with E-state index in [1.54, 1.807) is 27.4 Å². The Morgan fingerprint density at radius 2 is 1.85 bits per heavy atom. The molecule has 5 heteroatoms. The molecule has 0 aliphatic carbocycles. The van der Waals surface area contributed by atoms with E-state index in [0.717, 1.165) is 25.0 Å². The molecule has 20 heavy (non-hydrogen) atoms. The Kier molecular flexibility index (Phi) is 7.50. The van der Waals surface area contributed by atoms with Crippen molar-refractivity contribution in [3.8, 4) is 11.5 Å². The van der Waals surface area contributed by atoms with Gasteiger partial charge in [-0.2, -0.15) is 0 Å². The van der Waals surface area contributed by atoms with Crippen LogP contribution in [0.4, 0.5) is 0 Å². The summed E-state index contributed by atoms with van der Waals surface area (Å²) >= 11 is 0. The second kappa shape index (κ2) is 9.20. The Balaban J connectivity index is 2.41. The van der Waals surface area contributed by atoms with Gasteiger partial charge in [0.15, 0.2) is 11.5 Å². The summed E-state index contributed by atoms with van der Waals surface area (Å²) in [5.41, 5.74) is 0.900. The minimum absolute atomic E-state index is 0.00892. The molecule has 0 unspecified atom stereocenters. The third-order valence-corrected chi connectivity index (χ3v) is 2.91. The van der Waals surface area contributed by atoms with Crippen LogP contribution in [0.2, 0.25) is 0 Å². The van der Waals surface area contributed by atoms with Crippen LogP contribution in [0.5, 0.6) is 11.5 Å². The zero-order valence-corrected chi connectivity index (χ0v) is 12.4. The Morgan fingerprint density at radius 1 is 1.10 bits per heavy atom. The van der Waals surface area contributed by atoms with Crippen LogP contribution < -0.4 is 14.8 Å². The van der Waals surface area contributed by atoms with E-state index in [1.165, 1.54) is 0 Å². The molecule has 0 spiro atoms. The molecule has 1 aromatic carbocycles. The number of carbonyl (C=O) groups is 1. The van der Waals surface area contributed by atoms with Gasteiger partial charge in [-0.1, -0.05) is 6.07 Å². The maximum absolute atomic E-state index is 11.8. The van der Waals surface area contributed by atoms with Gasteiger partial charge < -0.3 is 19.5 Å². The number of carbonyl (C=O) groups excluding carboxylic acids is 1. The van der Waals surface area contributed by atoms with Crippen LogP contribution in [-0.2, 0) is 16.0 Å². The van der Waals surface area contributed by atoms with Gasteiger partial charge in [-0.25, -0.2) is 0 Å². The standard InChI is InChI=1S/C15H23NO4/c1-18-9-5-4-8-16-15(17)11-12-6-7-13(19-2)14(10-12)20-3/h6-7,10H,4-5,8-9,11H2,1-3H3,(H,16,17). The van der Waals surface area contributed by atoms with E-state index in [-0.39, 0.29) is 5.91 Å². The lowest BCUT2D eigenvalue weighted by molar-refractivity contribution is -0.120. The van der Waals surface area contributed by atoms with Crippen molar-refractivity contribution >= 4 is 5.91 Å². The molecular weight excluding hydrogens is 258 g/mol. The van der Waals surface area contributed by atoms with Crippen molar-refractivity contribution in [3.05, 3.63) is 23.8 Å². The van der Waals surface area contributed by atoms with E-state index < -0.39 is 0 Å². The van der Waals surface area contributed by atoms with Crippen molar-refractivity contribution < 1.29 is 19.0 Å². The van der Waals surface area contributed by atoms with Crippen LogP contribution >= 0.6 is 0 Å². The van der Waals surface area contributed by atoms with Crippen LogP contribution in [0, 0.1) is 0 Å². The minimum Gasteiger partial charge on any atom is -0.493 e. The Labute approximate surface area is 120 Å². The van der Waals surface area contributed by atoms with Gasteiger partial charge in [0.05, 0.1) is 20.6 Å². The number of amides is 1. The summed E-state index contributed by atoms with van der Waals surface area (Å²) in [6.07, 6.45) is 2.21. The molecule has 0 fully saturated rings. The molecule has 1 aromatic rings. The average Bonchev–Trinajstić information content (AvgIpc) is 2.46. The lowest BCUT2D eigenvalue weighted by Gasteiger charge is -2.10. The molecule has 0 radical (unpaired) electrons. The van der Waals surface area contributed by atoms with Gasteiger partial charge in [-0.05, 0) is 30.5 Å². The van der Waals surface area contributed by atoms with E-state index in [4.69, 9.17) is 14.2 Å². The predicted molar refractivity (Wildman–Crippen MR) is 77.4 cm³/mol. The molecule has 1 N–H and O–H groups in total. The quantitative estimate of drug-likeness (QED) is 0.701. The summed E-state index contributed by atoms with van der Waals surface area (Å²) in [5, 5.41) is 2.89. The number of hydrogen-bond donors (Lipinski definition) is 1. The van der Waals surface area contributed by atoms with Gasteiger partial charge in [0, 0.05) is 20.3 Å². The fraction of sp³-hybridized carbons (Fsp3) is 0.533. The van der Waals surface area contributed by atoms with Gasteiger partial charge in [0.1, 0.15) is 0 Å². The van der Waals surface area contributed by atoms with Crippen LogP contribution in [0.15, 0.2) is 18.2 Å². The van der Waals surface area contributed by atoms with Crippen molar-refractivity contribution in [2.45, 2.75) is 19.3 Å². The molecule has 0 saturated heterocycles. The third-order valence-electron chi connectivity index (χ3n) is 2.91. The lowest BCUT2D eigenvalue weighted by Crippen LogP contribution is -2.26. The fourth-order valence-electron chi connectivity index (χ4n) is 1.84. The number of methoxy groups -OCH3 is 3. The summed E-state index contributed by atoms with van der Waals surface area (Å²) in [7, 11) is 4.84. The number of nitrogens with one attached hydrogen (secondary N) is 1. The van der Waals surface area contributed by atoms with Crippen molar-refractivity contribution in [2.24, 2.45) is 0 Å². The van der Waals surface area contributed by atoms with Crippen molar-refractivity contribution in [3.63, 3.8) is 0 Å². The molecule has 0 heterocycles. The monoisotopic (exact) mass is 281 g/mol. The van der Waals surface area contributed by atoms with Gasteiger partial charge in [0.25, 0.3) is 0 Å². The highest BCUT2D eigenvalue weighted by Crippen LogP contribution is 2.27. The highest BCUT2D eigenvalue weighted by atomic mass is 16.5. The maximum Gasteiger partial charge on any atom is 0.224 e. The average molecular weight is 281 g/mol. The van der Waals surface area contributed by atoms with E-state index in [0.29, 0.717) is 24.5 Å². The smallest absolute Gasteiger partial charge is 0.224 e. The minimum atomic E-state index is 0.00892. The molecule has 112 valence electrons. The molecular formula is C15H23NO4. The molecule has 0 aliphatic rings. The highest BCUT2D eigenvalue weighted by molar-refractivity contribution is 5.78. The number of ether oxygens (including phenoxy) is 3. The summed E-state index contributed by atoms with van der Waals surface area (Å²) in [6.45, 7) is 1.40. The van der Waals surface area contributed by atoms with Crippen molar-refractivity contribution in [2.75, 3.05) is 34.5 Å². The number of unbranched alkanes of at least 4 members (excludes halogenated alkanes) is 1. The molecule has 1 rings (SSSR count). The first kappa shape index (κ1) is 16.3. The number of hydrogen-bond acceptors (Lipinski definition) is 4. The van der Waals surface area contributed by atoms with E-state index in [2.05, 4.69) is 5.32 Å². The fourth-order valence-corrected chi connectivity index (χ4v) is 1.84. The van der Waals surface area contributed by atoms with Gasteiger partial charge >= 0.3 is 0 Å². The largest absolute Gasteiger partial charge is 0.493 e. The normalized spacial score (nSPS) is 10.2. The highest BCUT2D eigenvalue weighted by Gasteiger charge is 2.07. The lowest BCUT2D eigenvalue weighted by atomic mass is 10.1. The molecule has 5 nitrogen and oxygen atoms in total. The zero-order valence-electron chi connectivity index (χ0n) is 12.4. The number of rotatable bonds is 9.